The Labute approximate surface area is 123 Å². The van der Waals surface area contributed by atoms with Crippen LogP contribution >= 0.6 is 0 Å². The number of carboxylic acids is 1. The quantitative estimate of drug-likeness (QED) is 0.883. The van der Waals surface area contributed by atoms with E-state index in [4.69, 9.17) is 5.11 Å². The molecule has 2 aliphatic heterocycles. The Bertz CT molecular complexity index is 566. The molecule has 5 nitrogen and oxygen atoms in total. The number of fused-ring (bicyclic) bond motifs is 1. The van der Waals surface area contributed by atoms with Crippen LogP contribution in [0.25, 0.3) is 0 Å². The lowest BCUT2D eigenvalue weighted by atomic mass is 9.85. The average Bonchev–Trinajstić information content (AvgIpc) is 2.44. The molecule has 112 valence electrons. The van der Waals surface area contributed by atoms with Crippen LogP contribution in [-0.2, 0) is 16.0 Å². The lowest BCUT2D eigenvalue weighted by molar-refractivity contribution is -0.152. The van der Waals surface area contributed by atoms with E-state index in [-0.39, 0.29) is 23.7 Å². The van der Waals surface area contributed by atoms with Gasteiger partial charge in [0.2, 0.25) is 5.91 Å². The van der Waals surface area contributed by atoms with E-state index in [0.29, 0.717) is 19.6 Å². The van der Waals surface area contributed by atoms with Crippen LogP contribution in [-0.4, -0.2) is 41.5 Å². The maximum atomic E-state index is 12.5. The van der Waals surface area contributed by atoms with Crippen molar-refractivity contribution in [3.05, 3.63) is 29.8 Å². The van der Waals surface area contributed by atoms with Crippen LogP contribution in [0.4, 0.5) is 5.69 Å². The molecule has 0 radical (unpaired) electrons. The van der Waals surface area contributed by atoms with Crippen LogP contribution in [0.1, 0.15) is 12.5 Å². The smallest absolute Gasteiger partial charge is 0.306 e. The summed E-state index contributed by atoms with van der Waals surface area (Å²) in [4.78, 5) is 25.2. The van der Waals surface area contributed by atoms with Crippen LogP contribution in [0.3, 0.4) is 0 Å². The predicted octanol–water partition coefficient (Wildman–Crippen LogP) is 1.45. The zero-order valence-electron chi connectivity index (χ0n) is 12.1. The van der Waals surface area contributed by atoms with Gasteiger partial charge in [0.1, 0.15) is 0 Å². The number of likely N-dealkylation sites (tertiary alicyclic amines) is 1. The first-order valence-corrected chi connectivity index (χ1v) is 7.39. The molecule has 0 spiro atoms. The molecule has 0 aliphatic carbocycles. The van der Waals surface area contributed by atoms with Crippen molar-refractivity contribution < 1.29 is 14.7 Å². The van der Waals surface area contributed by atoms with E-state index in [0.717, 1.165) is 12.1 Å². The van der Waals surface area contributed by atoms with Crippen molar-refractivity contribution in [3.8, 4) is 0 Å². The largest absolute Gasteiger partial charge is 0.481 e. The average molecular weight is 288 g/mol. The molecular formula is C16H20N2O3. The zero-order valence-corrected chi connectivity index (χ0v) is 12.1. The summed E-state index contributed by atoms with van der Waals surface area (Å²) in [5.74, 6) is -0.957. The number of aliphatic carboxylic acids is 1. The number of anilines is 1. The van der Waals surface area contributed by atoms with Gasteiger partial charge in [-0.1, -0.05) is 25.1 Å². The lowest BCUT2D eigenvalue weighted by Crippen LogP contribution is -2.56. The van der Waals surface area contributed by atoms with Gasteiger partial charge in [0.15, 0.2) is 0 Å². The topological polar surface area (TPSA) is 69.6 Å². The van der Waals surface area contributed by atoms with Gasteiger partial charge >= 0.3 is 5.97 Å². The van der Waals surface area contributed by atoms with Gasteiger partial charge in [0.05, 0.1) is 11.8 Å². The second-order valence-corrected chi connectivity index (χ2v) is 6.07. The van der Waals surface area contributed by atoms with Crippen molar-refractivity contribution in [1.29, 1.82) is 0 Å². The molecule has 1 amide bonds. The third kappa shape index (κ3) is 2.60. The van der Waals surface area contributed by atoms with Crippen molar-refractivity contribution >= 4 is 17.6 Å². The highest BCUT2D eigenvalue weighted by molar-refractivity contribution is 5.82. The first-order valence-electron chi connectivity index (χ1n) is 7.39. The molecule has 2 unspecified atom stereocenters. The molecule has 2 heterocycles. The standard InChI is InChI=1S/C16H20N2O3/c1-10(16(20)21)13-8-18(9-13)15(19)12-6-11-4-2-3-5-14(11)17-7-12/h2-5,10,12-13,17H,6-9H2,1H3,(H,20,21). The maximum absolute atomic E-state index is 12.5. The molecule has 1 aromatic carbocycles. The molecule has 0 saturated carbocycles. The van der Waals surface area contributed by atoms with Gasteiger partial charge in [-0.3, -0.25) is 9.59 Å². The molecule has 2 atom stereocenters. The van der Waals surface area contributed by atoms with Crippen molar-refractivity contribution in [2.45, 2.75) is 13.3 Å². The lowest BCUT2D eigenvalue weighted by Gasteiger charge is -2.43. The van der Waals surface area contributed by atoms with Crippen molar-refractivity contribution in [2.75, 3.05) is 25.0 Å². The van der Waals surface area contributed by atoms with Crippen molar-refractivity contribution in [3.63, 3.8) is 0 Å². The van der Waals surface area contributed by atoms with E-state index in [1.165, 1.54) is 5.56 Å². The van der Waals surface area contributed by atoms with E-state index >= 15 is 0 Å². The van der Waals surface area contributed by atoms with Crippen molar-refractivity contribution in [1.82, 2.24) is 4.90 Å². The Kier molecular flexibility index (Phi) is 3.57. The van der Waals surface area contributed by atoms with Gasteiger partial charge in [-0.2, -0.15) is 0 Å². The van der Waals surface area contributed by atoms with E-state index < -0.39 is 5.97 Å². The van der Waals surface area contributed by atoms with E-state index in [2.05, 4.69) is 5.32 Å². The molecule has 0 bridgehead atoms. The first-order chi connectivity index (χ1) is 10.1. The number of nitrogens with one attached hydrogen (secondary N) is 1. The second kappa shape index (κ2) is 5.39. The number of para-hydroxylation sites is 1. The maximum Gasteiger partial charge on any atom is 0.306 e. The Morgan fingerprint density at radius 3 is 2.76 bits per heavy atom. The highest BCUT2D eigenvalue weighted by atomic mass is 16.4. The fourth-order valence-electron chi connectivity index (χ4n) is 3.08. The highest BCUT2D eigenvalue weighted by Crippen LogP contribution is 2.29. The molecule has 1 fully saturated rings. The van der Waals surface area contributed by atoms with Gasteiger partial charge in [-0.15, -0.1) is 0 Å². The fourth-order valence-corrected chi connectivity index (χ4v) is 3.08. The van der Waals surface area contributed by atoms with Gasteiger partial charge < -0.3 is 15.3 Å². The number of carbonyl (C=O) groups is 2. The monoisotopic (exact) mass is 288 g/mol. The summed E-state index contributed by atoms with van der Waals surface area (Å²) in [6.45, 7) is 3.52. The summed E-state index contributed by atoms with van der Waals surface area (Å²) in [7, 11) is 0. The summed E-state index contributed by atoms with van der Waals surface area (Å²) in [6, 6.07) is 8.06. The minimum absolute atomic E-state index is 0.0408. The third-order valence-corrected chi connectivity index (χ3v) is 4.69. The minimum atomic E-state index is -0.777. The molecule has 2 aliphatic rings. The Balaban J connectivity index is 1.58. The summed E-state index contributed by atoms with van der Waals surface area (Å²) in [5, 5.41) is 12.3. The summed E-state index contributed by atoms with van der Waals surface area (Å²) in [5.41, 5.74) is 2.29. The molecule has 5 heteroatoms. The van der Waals surface area contributed by atoms with Gasteiger partial charge in [0.25, 0.3) is 0 Å². The minimum Gasteiger partial charge on any atom is -0.481 e. The molecule has 2 N–H and O–H groups in total. The highest BCUT2D eigenvalue weighted by Gasteiger charge is 2.39. The van der Waals surface area contributed by atoms with Crippen LogP contribution in [0.15, 0.2) is 24.3 Å². The number of rotatable bonds is 3. The number of carbonyl (C=O) groups excluding carboxylic acids is 1. The third-order valence-electron chi connectivity index (χ3n) is 4.69. The Hall–Kier alpha value is -2.04. The van der Waals surface area contributed by atoms with Crippen LogP contribution < -0.4 is 5.32 Å². The number of benzene rings is 1. The van der Waals surface area contributed by atoms with E-state index in [1.54, 1.807) is 11.8 Å². The number of amides is 1. The molecule has 1 saturated heterocycles. The Morgan fingerprint density at radius 1 is 1.33 bits per heavy atom. The van der Waals surface area contributed by atoms with E-state index in [9.17, 15) is 9.59 Å². The van der Waals surface area contributed by atoms with Crippen LogP contribution in [0, 0.1) is 17.8 Å². The van der Waals surface area contributed by atoms with Gasteiger partial charge in [-0.05, 0) is 18.1 Å². The summed E-state index contributed by atoms with van der Waals surface area (Å²) < 4.78 is 0. The predicted molar refractivity (Wildman–Crippen MR) is 79.0 cm³/mol. The summed E-state index contributed by atoms with van der Waals surface area (Å²) >= 11 is 0. The van der Waals surface area contributed by atoms with E-state index in [1.807, 2.05) is 24.3 Å². The van der Waals surface area contributed by atoms with Gasteiger partial charge in [0, 0.05) is 31.2 Å². The second-order valence-electron chi connectivity index (χ2n) is 6.07. The summed E-state index contributed by atoms with van der Waals surface area (Å²) in [6.07, 6.45) is 0.762. The van der Waals surface area contributed by atoms with Crippen LogP contribution in [0.2, 0.25) is 0 Å². The van der Waals surface area contributed by atoms with Crippen LogP contribution in [0.5, 0.6) is 0 Å². The fraction of sp³-hybridized carbons (Fsp3) is 0.500. The molecule has 3 rings (SSSR count). The Morgan fingerprint density at radius 2 is 2.05 bits per heavy atom. The number of carboxylic acid groups (broad SMARTS) is 1. The zero-order chi connectivity index (χ0) is 15.0. The first kappa shape index (κ1) is 13.9. The normalized spacial score (nSPS) is 22.7. The molecular weight excluding hydrogens is 268 g/mol. The molecule has 21 heavy (non-hydrogen) atoms. The molecule has 1 aromatic rings. The van der Waals surface area contributed by atoms with Gasteiger partial charge in [-0.25, -0.2) is 0 Å². The SMILES string of the molecule is CC(C(=O)O)C1CN(C(=O)C2CNc3ccccc3C2)C1. The number of nitrogens with zero attached hydrogens (tertiary/aromatic N) is 1. The number of hydrogen-bond donors (Lipinski definition) is 2. The van der Waals surface area contributed by atoms with Crippen molar-refractivity contribution in [2.24, 2.45) is 17.8 Å². The molecule has 0 aromatic heterocycles. The number of hydrogen-bond acceptors (Lipinski definition) is 3.